The van der Waals surface area contributed by atoms with Crippen molar-refractivity contribution in [2.45, 2.75) is 26.3 Å². The molecule has 1 amide bonds. The Balaban J connectivity index is 2.61. The van der Waals surface area contributed by atoms with Gasteiger partial charge in [0.1, 0.15) is 11.8 Å². The first-order valence-electron chi connectivity index (χ1n) is 6.24. The smallest absolute Gasteiger partial charge is 0.326 e. The molecule has 0 aromatic heterocycles. The van der Waals surface area contributed by atoms with Crippen LogP contribution in [0.4, 0.5) is 0 Å². The molecule has 0 aliphatic rings. The van der Waals surface area contributed by atoms with Gasteiger partial charge in [-0.05, 0) is 25.0 Å². The van der Waals surface area contributed by atoms with Gasteiger partial charge in [-0.2, -0.15) is 0 Å². The van der Waals surface area contributed by atoms with Crippen molar-refractivity contribution in [3.63, 3.8) is 0 Å². The van der Waals surface area contributed by atoms with Crippen LogP contribution in [0.2, 0.25) is 0 Å². The number of aliphatic carboxylic acids is 2. The summed E-state index contributed by atoms with van der Waals surface area (Å²) in [4.78, 5) is 33.0. The molecule has 7 nitrogen and oxygen atoms in total. The number of benzene rings is 1. The van der Waals surface area contributed by atoms with E-state index in [1.807, 2.05) is 32.0 Å². The average Bonchev–Trinajstić information content (AvgIpc) is 2.36. The summed E-state index contributed by atoms with van der Waals surface area (Å²) in [5.41, 5.74) is 1.70. The standard InChI is InChI=1S/C14H17NO6/c1-8-4-3-5-9(2)13(8)21-7-11(16)15-10(14(19)20)6-12(17)18/h3-5,10H,6-7H2,1-2H3,(H,15,16)(H,17,18)(H,19,20)/t10-/m1/s1. The number of carbonyl (C=O) groups is 3. The van der Waals surface area contributed by atoms with Gasteiger partial charge in [0.25, 0.3) is 5.91 Å². The van der Waals surface area contributed by atoms with Crippen molar-refractivity contribution in [3.05, 3.63) is 29.3 Å². The molecule has 0 saturated heterocycles. The van der Waals surface area contributed by atoms with E-state index in [1.54, 1.807) is 0 Å². The Morgan fingerprint density at radius 2 is 1.76 bits per heavy atom. The van der Waals surface area contributed by atoms with Crippen LogP contribution in [-0.4, -0.2) is 40.7 Å². The third-order valence-electron chi connectivity index (χ3n) is 2.77. The van der Waals surface area contributed by atoms with Crippen LogP contribution < -0.4 is 10.1 Å². The van der Waals surface area contributed by atoms with E-state index in [1.165, 1.54) is 0 Å². The van der Waals surface area contributed by atoms with Gasteiger partial charge in [0, 0.05) is 0 Å². The number of hydrogen-bond donors (Lipinski definition) is 3. The van der Waals surface area contributed by atoms with Crippen LogP contribution in [0.25, 0.3) is 0 Å². The Bertz CT molecular complexity index is 534. The highest BCUT2D eigenvalue weighted by molar-refractivity contribution is 5.87. The molecule has 1 aromatic rings. The third-order valence-corrected chi connectivity index (χ3v) is 2.77. The van der Waals surface area contributed by atoms with Gasteiger partial charge in [0.15, 0.2) is 6.61 Å². The molecule has 0 radical (unpaired) electrons. The Morgan fingerprint density at radius 1 is 1.19 bits per heavy atom. The number of aryl methyl sites for hydroxylation is 2. The summed E-state index contributed by atoms with van der Waals surface area (Å²) in [5.74, 6) is -2.85. The minimum Gasteiger partial charge on any atom is -0.483 e. The second kappa shape index (κ2) is 7.28. The van der Waals surface area contributed by atoms with Crippen LogP contribution in [0, 0.1) is 13.8 Å². The number of rotatable bonds is 7. The first-order valence-corrected chi connectivity index (χ1v) is 6.24. The fourth-order valence-corrected chi connectivity index (χ4v) is 1.78. The number of nitrogens with one attached hydrogen (secondary N) is 1. The minimum absolute atomic E-state index is 0.380. The van der Waals surface area contributed by atoms with Crippen LogP contribution in [0.5, 0.6) is 5.75 Å². The lowest BCUT2D eigenvalue weighted by Crippen LogP contribution is -2.44. The SMILES string of the molecule is Cc1cccc(C)c1OCC(=O)N[C@H](CC(=O)O)C(=O)O. The summed E-state index contributed by atoms with van der Waals surface area (Å²) in [7, 11) is 0. The van der Waals surface area contributed by atoms with E-state index in [2.05, 4.69) is 5.32 Å². The lowest BCUT2D eigenvalue weighted by molar-refractivity contribution is -0.147. The summed E-state index contributed by atoms with van der Waals surface area (Å²) < 4.78 is 5.36. The van der Waals surface area contributed by atoms with E-state index in [0.717, 1.165) is 11.1 Å². The molecule has 0 spiro atoms. The van der Waals surface area contributed by atoms with E-state index in [0.29, 0.717) is 5.75 Å². The number of hydrogen-bond acceptors (Lipinski definition) is 4. The molecule has 0 saturated carbocycles. The van der Waals surface area contributed by atoms with Crippen molar-refractivity contribution in [1.29, 1.82) is 0 Å². The molecule has 0 fully saturated rings. The largest absolute Gasteiger partial charge is 0.483 e. The maximum absolute atomic E-state index is 11.6. The second-order valence-corrected chi connectivity index (χ2v) is 4.57. The summed E-state index contributed by atoms with van der Waals surface area (Å²) in [6, 6.07) is 4.02. The van der Waals surface area contributed by atoms with Crippen molar-refractivity contribution in [3.8, 4) is 5.75 Å². The first-order chi connectivity index (χ1) is 9.81. The molecule has 3 N–H and O–H groups in total. The highest BCUT2D eigenvalue weighted by Crippen LogP contribution is 2.21. The predicted molar refractivity (Wildman–Crippen MR) is 73.2 cm³/mol. The third kappa shape index (κ3) is 5.13. The highest BCUT2D eigenvalue weighted by atomic mass is 16.5. The van der Waals surface area contributed by atoms with Gasteiger partial charge in [-0.3, -0.25) is 9.59 Å². The van der Waals surface area contributed by atoms with Crippen molar-refractivity contribution < 1.29 is 29.3 Å². The Morgan fingerprint density at radius 3 is 2.24 bits per heavy atom. The summed E-state index contributed by atoms with van der Waals surface area (Å²) in [5, 5.41) is 19.5. The zero-order valence-corrected chi connectivity index (χ0v) is 11.8. The van der Waals surface area contributed by atoms with E-state index in [4.69, 9.17) is 14.9 Å². The molecule has 114 valence electrons. The molecule has 0 heterocycles. The highest BCUT2D eigenvalue weighted by Gasteiger charge is 2.23. The molecule has 7 heteroatoms. The number of ether oxygens (including phenoxy) is 1. The first kappa shape index (κ1) is 16.5. The van der Waals surface area contributed by atoms with Crippen LogP contribution in [0.3, 0.4) is 0 Å². The Hall–Kier alpha value is -2.57. The number of carbonyl (C=O) groups excluding carboxylic acids is 1. The van der Waals surface area contributed by atoms with E-state index in [-0.39, 0.29) is 6.61 Å². The zero-order valence-electron chi connectivity index (χ0n) is 11.8. The molecule has 0 bridgehead atoms. The maximum Gasteiger partial charge on any atom is 0.326 e. The summed E-state index contributed by atoms with van der Waals surface area (Å²) in [6.07, 6.45) is -0.690. The monoisotopic (exact) mass is 295 g/mol. The molecule has 0 aliphatic heterocycles. The summed E-state index contributed by atoms with van der Waals surface area (Å²) >= 11 is 0. The van der Waals surface area contributed by atoms with Crippen molar-refractivity contribution >= 4 is 17.8 Å². The van der Waals surface area contributed by atoms with Crippen LogP contribution in [0.1, 0.15) is 17.5 Å². The van der Waals surface area contributed by atoms with Gasteiger partial charge in [0.05, 0.1) is 6.42 Å². The van der Waals surface area contributed by atoms with E-state index < -0.39 is 30.3 Å². The maximum atomic E-state index is 11.6. The molecule has 0 unspecified atom stereocenters. The van der Waals surface area contributed by atoms with Crippen molar-refractivity contribution in [1.82, 2.24) is 5.32 Å². The molecule has 21 heavy (non-hydrogen) atoms. The van der Waals surface area contributed by atoms with E-state index >= 15 is 0 Å². The summed E-state index contributed by atoms with van der Waals surface area (Å²) in [6.45, 7) is 3.27. The average molecular weight is 295 g/mol. The van der Waals surface area contributed by atoms with Gasteiger partial charge >= 0.3 is 11.9 Å². The Labute approximate surface area is 121 Å². The molecule has 0 aliphatic carbocycles. The number of carboxylic acid groups (broad SMARTS) is 2. The van der Waals surface area contributed by atoms with Gasteiger partial charge < -0.3 is 20.3 Å². The second-order valence-electron chi connectivity index (χ2n) is 4.57. The quantitative estimate of drug-likeness (QED) is 0.683. The molecular weight excluding hydrogens is 278 g/mol. The van der Waals surface area contributed by atoms with Gasteiger partial charge in [-0.25, -0.2) is 4.79 Å². The fourth-order valence-electron chi connectivity index (χ4n) is 1.78. The fraction of sp³-hybridized carbons (Fsp3) is 0.357. The molecule has 1 atom stereocenters. The predicted octanol–water partition coefficient (Wildman–Crippen LogP) is 0.726. The van der Waals surface area contributed by atoms with Gasteiger partial charge in [0.2, 0.25) is 0 Å². The minimum atomic E-state index is -1.48. The van der Waals surface area contributed by atoms with E-state index in [9.17, 15) is 14.4 Å². The lowest BCUT2D eigenvalue weighted by Gasteiger charge is -2.14. The number of carboxylic acids is 2. The van der Waals surface area contributed by atoms with Crippen LogP contribution in [-0.2, 0) is 14.4 Å². The number of para-hydroxylation sites is 1. The number of amides is 1. The zero-order chi connectivity index (χ0) is 16.0. The van der Waals surface area contributed by atoms with Gasteiger partial charge in [-0.15, -0.1) is 0 Å². The van der Waals surface area contributed by atoms with Gasteiger partial charge in [-0.1, -0.05) is 18.2 Å². The molecular formula is C14H17NO6. The van der Waals surface area contributed by atoms with Crippen molar-refractivity contribution in [2.75, 3.05) is 6.61 Å². The lowest BCUT2D eigenvalue weighted by atomic mass is 10.1. The normalized spacial score (nSPS) is 11.5. The Kier molecular flexibility index (Phi) is 5.71. The van der Waals surface area contributed by atoms with Crippen LogP contribution >= 0.6 is 0 Å². The van der Waals surface area contributed by atoms with Crippen LogP contribution in [0.15, 0.2) is 18.2 Å². The topological polar surface area (TPSA) is 113 Å². The molecule has 1 aromatic carbocycles. The molecule has 1 rings (SSSR count). The van der Waals surface area contributed by atoms with Crippen molar-refractivity contribution in [2.24, 2.45) is 0 Å².